The quantitative estimate of drug-likeness (QED) is 0.354. The van der Waals surface area contributed by atoms with Crippen LogP contribution in [-0.2, 0) is 11.2 Å². The zero-order valence-electron chi connectivity index (χ0n) is 18.1. The molecule has 2 aromatic carbocycles. The van der Waals surface area contributed by atoms with Crippen LogP contribution >= 0.6 is 22.9 Å². The van der Waals surface area contributed by atoms with E-state index in [0.717, 1.165) is 27.2 Å². The van der Waals surface area contributed by atoms with Gasteiger partial charge in [0.15, 0.2) is 4.88 Å². The summed E-state index contributed by atoms with van der Waals surface area (Å²) < 4.78 is 13.0. The van der Waals surface area contributed by atoms with Gasteiger partial charge in [-0.3, -0.25) is 4.57 Å². The molecule has 2 N–H and O–H groups in total. The number of nitrogens with zero attached hydrogens (tertiary/aromatic N) is 2. The number of fused-ring (bicyclic) bond motifs is 1. The SMILES string of the molecule is COC(=O)c1sc(-n2cnc3ccc(CC(O)CO)cc32)cc1O[C@H](C)c1ccccc1Cl. The molecule has 4 aromatic rings. The van der Waals surface area contributed by atoms with E-state index in [1.807, 2.05) is 47.9 Å². The second kappa shape index (κ2) is 9.93. The summed E-state index contributed by atoms with van der Waals surface area (Å²) in [7, 11) is 1.33. The molecule has 0 radical (unpaired) electrons. The first kappa shape index (κ1) is 23.3. The molecule has 2 aromatic heterocycles. The van der Waals surface area contributed by atoms with Gasteiger partial charge in [-0.05, 0) is 30.7 Å². The predicted octanol–water partition coefficient (Wildman–Crippen LogP) is 4.56. The van der Waals surface area contributed by atoms with Crippen LogP contribution in [0.5, 0.6) is 5.75 Å². The average Bonchev–Trinajstić information content (AvgIpc) is 3.42. The maximum Gasteiger partial charge on any atom is 0.351 e. The molecule has 0 aliphatic carbocycles. The van der Waals surface area contributed by atoms with Crippen LogP contribution in [0.3, 0.4) is 0 Å². The minimum Gasteiger partial charge on any atom is -0.484 e. The number of thiophene rings is 1. The molecule has 4 rings (SSSR count). The van der Waals surface area contributed by atoms with Gasteiger partial charge in [-0.25, -0.2) is 9.78 Å². The van der Waals surface area contributed by atoms with E-state index >= 15 is 0 Å². The van der Waals surface area contributed by atoms with Crippen molar-refractivity contribution in [1.82, 2.24) is 9.55 Å². The maximum absolute atomic E-state index is 12.5. The van der Waals surface area contributed by atoms with Gasteiger partial charge in [0.1, 0.15) is 23.2 Å². The van der Waals surface area contributed by atoms with E-state index in [2.05, 4.69) is 4.98 Å². The first-order valence-electron chi connectivity index (χ1n) is 10.3. The van der Waals surface area contributed by atoms with Crippen LogP contribution in [0, 0.1) is 0 Å². The zero-order valence-corrected chi connectivity index (χ0v) is 19.6. The minimum atomic E-state index is -0.835. The Labute approximate surface area is 199 Å². The molecule has 0 saturated heterocycles. The summed E-state index contributed by atoms with van der Waals surface area (Å²) in [4.78, 5) is 17.3. The molecule has 2 heterocycles. The van der Waals surface area contributed by atoms with Gasteiger partial charge in [-0.15, -0.1) is 11.3 Å². The molecular weight excluding hydrogens is 464 g/mol. The smallest absolute Gasteiger partial charge is 0.351 e. The third-order valence-corrected chi connectivity index (χ3v) is 6.67. The fraction of sp³-hybridized carbons (Fsp3) is 0.250. The van der Waals surface area contributed by atoms with Crippen molar-refractivity contribution in [3.8, 4) is 10.8 Å². The first-order chi connectivity index (χ1) is 15.9. The summed E-state index contributed by atoms with van der Waals surface area (Å²) >= 11 is 7.54. The van der Waals surface area contributed by atoms with Gasteiger partial charge < -0.3 is 19.7 Å². The molecule has 33 heavy (non-hydrogen) atoms. The Bertz CT molecular complexity index is 1290. The van der Waals surface area contributed by atoms with Crippen LogP contribution in [0.4, 0.5) is 0 Å². The van der Waals surface area contributed by atoms with E-state index < -0.39 is 18.2 Å². The molecule has 1 unspecified atom stereocenters. The number of benzene rings is 2. The van der Waals surface area contributed by atoms with Crippen LogP contribution in [0.2, 0.25) is 5.02 Å². The average molecular weight is 487 g/mol. The highest BCUT2D eigenvalue weighted by Crippen LogP contribution is 2.37. The monoisotopic (exact) mass is 486 g/mol. The van der Waals surface area contributed by atoms with Crippen molar-refractivity contribution in [1.29, 1.82) is 0 Å². The fourth-order valence-electron chi connectivity index (χ4n) is 3.55. The number of rotatable bonds is 8. The molecule has 9 heteroatoms. The molecular formula is C24H23ClN2O5S. The predicted molar refractivity (Wildman–Crippen MR) is 128 cm³/mol. The Kier molecular flexibility index (Phi) is 6.99. The number of methoxy groups -OCH3 is 1. The summed E-state index contributed by atoms with van der Waals surface area (Å²) in [5.41, 5.74) is 3.24. The molecule has 0 bridgehead atoms. The van der Waals surface area contributed by atoms with Crippen molar-refractivity contribution in [3.05, 3.63) is 75.9 Å². The lowest BCUT2D eigenvalue weighted by atomic mass is 10.1. The van der Waals surface area contributed by atoms with Gasteiger partial charge in [-0.1, -0.05) is 35.9 Å². The number of carbonyl (C=O) groups excluding carboxylic acids is 1. The molecule has 0 fully saturated rings. The number of imidazole rings is 1. The lowest BCUT2D eigenvalue weighted by molar-refractivity contribution is 0.0600. The van der Waals surface area contributed by atoms with E-state index in [1.54, 1.807) is 18.5 Å². The van der Waals surface area contributed by atoms with E-state index in [-0.39, 0.29) is 6.61 Å². The van der Waals surface area contributed by atoms with Crippen molar-refractivity contribution in [2.24, 2.45) is 0 Å². The first-order valence-corrected chi connectivity index (χ1v) is 11.5. The molecule has 0 aliphatic heterocycles. The highest BCUT2D eigenvalue weighted by atomic mass is 35.5. The van der Waals surface area contributed by atoms with Gasteiger partial charge in [0.25, 0.3) is 0 Å². The van der Waals surface area contributed by atoms with Crippen molar-refractivity contribution < 1.29 is 24.5 Å². The fourth-order valence-corrected chi connectivity index (χ4v) is 4.84. The number of hydrogen-bond donors (Lipinski definition) is 2. The molecule has 2 atom stereocenters. The summed E-state index contributed by atoms with van der Waals surface area (Å²) in [6.07, 6.45) is 0.762. The largest absolute Gasteiger partial charge is 0.484 e. The third kappa shape index (κ3) is 4.89. The van der Waals surface area contributed by atoms with Crippen LogP contribution in [0.15, 0.2) is 54.9 Å². The van der Waals surface area contributed by atoms with E-state index in [4.69, 9.17) is 26.2 Å². The summed E-state index contributed by atoms with van der Waals surface area (Å²) in [6.45, 7) is 1.56. The molecule has 0 saturated carbocycles. The van der Waals surface area contributed by atoms with Gasteiger partial charge in [0, 0.05) is 23.1 Å². The zero-order chi connectivity index (χ0) is 23.5. The van der Waals surface area contributed by atoms with Crippen LogP contribution in [0.1, 0.15) is 33.8 Å². The minimum absolute atomic E-state index is 0.310. The number of aromatic nitrogens is 2. The Morgan fingerprint density at radius 1 is 1.24 bits per heavy atom. The van der Waals surface area contributed by atoms with Crippen molar-refractivity contribution >= 4 is 39.9 Å². The number of esters is 1. The van der Waals surface area contributed by atoms with Gasteiger partial charge in [0.2, 0.25) is 0 Å². The standard InChI is InChI=1S/C24H23ClN2O5S/c1-14(17-5-3-4-6-18(17)25)32-21-11-22(33-23(21)24(30)31-2)27-13-26-19-8-7-15(10-20(19)27)9-16(29)12-28/h3-8,10-11,13-14,16,28-29H,9,12H2,1-2H3/t14-,16?/m1/s1. The number of aliphatic hydroxyl groups is 2. The Hall–Kier alpha value is -2.91. The second-order valence-corrected chi connectivity index (χ2v) is 8.97. The highest BCUT2D eigenvalue weighted by molar-refractivity contribution is 7.16. The molecule has 7 nitrogen and oxygen atoms in total. The van der Waals surface area contributed by atoms with Crippen LogP contribution in [0.25, 0.3) is 16.0 Å². The lowest BCUT2D eigenvalue weighted by Gasteiger charge is -2.16. The van der Waals surface area contributed by atoms with Crippen LogP contribution in [-0.4, -0.2) is 45.6 Å². The number of aliphatic hydroxyl groups excluding tert-OH is 2. The van der Waals surface area contributed by atoms with Crippen molar-refractivity contribution in [2.45, 2.75) is 25.6 Å². The van der Waals surface area contributed by atoms with Gasteiger partial charge in [0.05, 0.1) is 30.9 Å². The Morgan fingerprint density at radius 2 is 2.03 bits per heavy atom. The number of carbonyl (C=O) groups is 1. The Balaban J connectivity index is 1.72. The van der Waals surface area contributed by atoms with Crippen LogP contribution < -0.4 is 4.74 Å². The molecule has 172 valence electrons. The topological polar surface area (TPSA) is 93.8 Å². The summed E-state index contributed by atoms with van der Waals surface area (Å²) in [5, 5.41) is 20.3. The third-order valence-electron chi connectivity index (χ3n) is 5.23. The van der Waals surface area contributed by atoms with Crippen molar-refractivity contribution in [3.63, 3.8) is 0 Å². The maximum atomic E-state index is 12.5. The molecule has 0 aliphatic rings. The van der Waals surface area contributed by atoms with Gasteiger partial charge in [-0.2, -0.15) is 0 Å². The number of ether oxygens (including phenoxy) is 2. The number of hydrogen-bond acceptors (Lipinski definition) is 7. The lowest BCUT2D eigenvalue weighted by Crippen LogP contribution is -2.14. The molecule has 0 spiro atoms. The second-order valence-electron chi connectivity index (χ2n) is 7.53. The van der Waals surface area contributed by atoms with Crippen molar-refractivity contribution in [2.75, 3.05) is 13.7 Å². The molecule has 0 amide bonds. The number of halogens is 1. The highest BCUT2D eigenvalue weighted by Gasteiger charge is 2.23. The summed E-state index contributed by atoms with van der Waals surface area (Å²) in [6, 6.07) is 14.8. The summed E-state index contributed by atoms with van der Waals surface area (Å²) in [5.74, 6) is -0.105. The van der Waals surface area contributed by atoms with E-state index in [0.29, 0.717) is 22.1 Å². The Morgan fingerprint density at radius 3 is 2.76 bits per heavy atom. The van der Waals surface area contributed by atoms with E-state index in [1.165, 1.54) is 18.4 Å². The van der Waals surface area contributed by atoms with Gasteiger partial charge >= 0.3 is 5.97 Å². The normalized spacial score (nSPS) is 13.1. The van der Waals surface area contributed by atoms with E-state index in [9.17, 15) is 9.90 Å².